The molecule has 0 aliphatic carbocycles. The van der Waals surface area contributed by atoms with Gasteiger partial charge in [-0.3, -0.25) is 18.8 Å². The van der Waals surface area contributed by atoms with Gasteiger partial charge < -0.3 is 26.2 Å². The molecule has 5 N–H and O–H groups in total. The van der Waals surface area contributed by atoms with Gasteiger partial charge in [-0.1, -0.05) is 36.4 Å². The quantitative estimate of drug-likeness (QED) is 0.200. The zero-order valence-electron chi connectivity index (χ0n) is 23.4. The number of fused-ring (bicyclic) bond motifs is 3. The number of amides is 2. The van der Waals surface area contributed by atoms with E-state index in [1.165, 1.54) is 13.1 Å². The molecule has 0 spiro atoms. The molecule has 0 saturated heterocycles. The summed E-state index contributed by atoms with van der Waals surface area (Å²) in [6.07, 6.45) is 0.0140. The number of nitrogens with one attached hydrogen (secondary N) is 2. The highest BCUT2D eigenvalue weighted by Gasteiger charge is 2.26. The summed E-state index contributed by atoms with van der Waals surface area (Å²) in [4.78, 5) is 41.1. The van der Waals surface area contributed by atoms with Crippen LogP contribution in [0.25, 0.3) is 27.8 Å². The van der Waals surface area contributed by atoms with Crippen molar-refractivity contribution in [3.05, 3.63) is 95.1 Å². The molecule has 0 aliphatic heterocycles. The van der Waals surface area contributed by atoms with Crippen LogP contribution in [0, 0.1) is 22.7 Å². The highest BCUT2D eigenvalue weighted by molar-refractivity contribution is 6.06. The van der Waals surface area contributed by atoms with Crippen LogP contribution in [0.15, 0.2) is 72.8 Å². The second kappa shape index (κ2) is 12.3. The molecule has 0 fully saturated rings. The van der Waals surface area contributed by atoms with Gasteiger partial charge in [-0.05, 0) is 53.9 Å². The molecule has 3 aromatic carbocycles. The minimum absolute atomic E-state index is 0.0140. The lowest BCUT2D eigenvalue weighted by molar-refractivity contribution is -0.138. The summed E-state index contributed by atoms with van der Waals surface area (Å²) in [5, 5.41) is 35.3. The second-order valence-corrected chi connectivity index (χ2v) is 9.75. The van der Waals surface area contributed by atoms with Crippen molar-refractivity contribution in [2.75, 3.05) is 19.0 Å². The van der Waals surface area contributed by atoms with Crippen LogP contribution in [0.1, 0.15) is 27.0 Å². The summed E-state index contributed by atoms with van der Waals surface area (Å²) in [6, 6.07) is 23.2. The van der Waals surface area contributed by atoms with Crippen molar-refractivity contribution in [3.8, 4) is 29.0 Å². The summed E-state index contributed by atoms with van der Waals surface area (Å²) in [6.45, 7) is -0.186. The second-order valence-electron chi connectivity index (χ2n) is 9.75. The number of anilines is 1. The number of aliphatic carboxylic acids is 1. The van der Waals surface area contributed by atoms with E-state index in [2.05, 4.69) is 27.8 Å². The molecule has 2 amide bonds. The lowest BCUT2D eigenvalue weighted by Crippen LogP contribution is -2.32. The van der Waals surface area contributed by atoms with Crippen LogP contribution >= 0.6 is 0 Å². The maximum absolute atomic E-state index is 13.6. The van der Waals surface area contributed by atoms with Crippen molar-refractivity contribution in [2.24, 2.45) is 5.73 Å². The molecule has 2 aromatic heterocycles. The standard InChI is InChI=1S/C32H25N7O5/c1-36-27(40)17-44-21-11-9-19(10-12-21)28-22(15-33)29-37-25-7-2-3-8-26(25)39(29)30(23(28)16-34)38-31(41)20-6-4-5-18(13-20)14-24(35)32(42)43/h2-13,24H,14,17,35H2,1H3,(H,36,40)(H,38,41)(H,42,43)/t24-/m0/s1. The highest BCUT2D eigenvalue weighted by Crippen LogP contribution is 2.37. The molecule has 12 nitrogen and oxygen atoms in total. The van der Waals surface area contributed by atoms with Gasteiger partial charge in [-0.15, -0.1) is 0 Å². The number of benzene rings is 3. The number of carbonyl (C=O) groups excluding carboxylic acids is 2. The van der Waals surface area contributed by atoms with Gasteiger partial charge in [-0.2, -0.15) is 10.5 Å². The first-order chi connectivity index (χ1) is 21.2. The highest BCUT2D eigenvalue weighted by atomic mass is 16.5. The van der Waals surface area contributed by atoms with E-state index in [1.54, 1.807) is 71.1 Å². The lowest BCUT2D eigenvalue weighted by atomic mass is 9.96. The average Bonchev–Trinajstić information content (AvgIpc) is 3.43. The van der Waals surface area contributed by atoms with E-state index in [1.807, 2.05) is 0 Å². The lowest BCUT2D eigenvalue weighted by Gasteiger charge is -2.17. The molecule has 0 unspecified atom stereocenters. The predicted molar refractivity (Wildman–Crippen MR) is 161 cm³/mol. The van der Waals surface area contributed by atoms with Crippen LogP contribution in [0.5, 0.6) is 5.75 Å². The Balaban J connectivity index is 1.66. The van der Waals surface area contributed by atoms with Crippen molar-refractivity contribution in [1.82, 2.24) is 14.7 Å². The van der Waals surface area contributed by atoms with E-state index in [0.717, 1.165) is 0 Å². The first-order valence-corrected chi connectivity index (χ1v) is 13.4. The van der Waals surface area contributed by atoms with Crippen LogP contribution < -0.4 is 21.1 Å². The fraction of sp³-hybridized carbons (Fsp3) is 0.125. The molecule has 0 radical (unpaired) electrons. The van der Waals surface area contributed by atoms with E-state index >= 15 is 0 Å². The van der Waals surface area contributed by atoms with Crippen molar-refractivity contribution in [3.63, 3.8) is 0 Å². The van der Waals surface area contributed by atoms with Gasteiger partial charge in [-0.25, -0.2) is 4.98 Å². The number of rotatable bonds is 9. The van der Waals surface area contributed by atoms with Gasteiger partial charge in [0.25, 0.3) is 11.8 Å². The fourth-order valence-electron chi connectivity index (χ4n) is 4.81. The molecule has 218 valence electrons. The van der Waals surface area contributed by atoms with Crippen LogP contribution in [0.4, 0.5) is 5.82 Å². The number of nitrogens with zero attached hydrogens (tertiary/aromatic N) is 4. The van der Waals surface area contributed by atoms with Crippen molar-refractivity contribution in [2.45, 2.75) is 12.5 Å². The Bertz CT molecular complexity index is 2020. The number of para-hydroxylation sites is 2. The number of carboxylic acid groups (broad SMARTS) is 1. The molecule has 0 saturated carbocycles. The van der Waals surface area contributed by atoms with E-state index < -0.39 is 17.9 Å². The van der Waals surface area contributed by atoms with Gasteiger partial charge in [0.1, 0.15) is 40.9 Å². The summed E-state index contributed by atoms with van der Waals surface area (Å²) >= 11 is 0. The van der Waals surface area contributed by atoms with Crippen LogP contribution in [0.3, 0.4) is 0 Å². The van der Waals surface area contributed by atoms with Crippen LogP contribution in [0.2, 0.25) is 0 Å². The zero-order valence-corrected chi connectivity index (χ0v) is 23.4. The third-order valence-electron chi connectivity index (χ3n) is 6.95. The number of hydrogen-bond donors (Lipinski definition) is 4. The fourth-order valence-corrected chi connectivity index (χ4v) is 4.81. The largest absolute Gasteiger partial charge is 0.484 e. The van der Waals surface area contributed by atoms with Gasteiger partial charge in [0.15, 0.2) is 12.3 Å². The van der Waals surface area contributed by atoms with E-state index in [-0.39, 0.29) is 52.7 Å². The third-order valence-corrected chi connectivity index (χ3v) is 6.95. The number of carbonyl (C=O) groups is 3. The number of ether oxygens (including phenoxy) is 1. The third kappa shape index (κ3) is 5.61. The summed E-state index contributed by atoms with van der Waals surface area (Å²) in [7, 11) is 1.50. The van der Waals surface area contributed by atoms with E-state index in [0.29, 0.717) is 27.9 Å². The van der Waals surface area contributed by atoms with Gasteiger partial charge in [0, 0.05) is 18.2 Å². The summed E-state index contributed by atoms with van der Waals surface area (Å²) < 4.78 is 7.06. The molecular weight excluding hydrogens is 562 g/mol. The van der Waals surface area contributed by atoms with Crippen molar-refractivity contribution >= 4 is 40.3 Å². The molecule has 5 aromatic rings. The van der Waals surface area contributed by atoms with Crippen molar-refractivity contribution < 1.29 is 24.2 Å². The molecule has 5 rings (SSSR count). The molecule has 12 heteroatoms. The smallest absolute Gasteiger partial charge is 0.320 e. The number of pyridine rings is 1. The molecule has 0 aliphatic rings. The minimum Gasteiger partial charge on any atom is -0.484 e. The van der Waals surface area contributed by atoms with Crippen molar-refractivity contribution in [1.29, 1.82) is 10.5 Å². The number of likely N-dealkylation sites (N-methyl/N-ethyl adjacent to an activating group) is 1. The normalized spacial score (nSPS) is 11.4. The molecule has 1 atom stereocenters. The van der Waals surface area contributed by atoms with Gasteiger partial charge in [0.05, 0.1) is 11.0 Å². The summed E-state index contributed by atoms with van der Waals surface area (Å²) in [5.41, 5.74) is 8.68. The Hall–Kier alpha value is -6.24. The molecule has 44 heavy (non-hydrogen) atoms. The number of hydrogen-bond acceptors (Lipinski definition) is 8. The number of nitrogens with two attached hydrogens (primary N) is 1. The first-order valence-electron chi connectivity index (χ1n) is 13.4. The molecule has 2 heterocycles. The maximum atomic E-state index is 13.6. The van der Waals surface area contributed by atoms with Gasteiger partial charge >= 0.3 is 5.97 Å². The van der Waals surface area contributed by atoms with E-state index in [9.17, 15) is 30.0 Å². The number of imidazole rings is 1. The first kappa shape index (κ1) is 29.3. The molecular formula is C32H25N7O5. The minimum atomic E-state index is -1.16. The van der Waals surface area contributed by atoms with Crippen LogP contribution in [-0.4, -0.2) is 52.0 Å². The monoisotopic (exact) mass is 587 g/mol. The average molecular weight is 588 g/mol. The van der Waals surface area contributed by atoms with Gasteiger partial charge in [0.2, 0.25) is 0 Å². The Morgan fingerprint density at radius 1 is 1.02 bits per heavy atom. The zero-order chi connectivity index (χ0) is 31.4. The molecule has 0 bridgehead atoms. The Labute approximate surface area is 250 Å². The topological polar surface area (TPSA) is 196 Å². The number of nitriles is 2. The predicted octanol–water partition coefficient (Wildman–Crippen LogP) is 3.23. The number of carboxylic acids is 1. The Morgan fingerprint density at radius 2 is 1.75 bits per heavy atom. The van der Waals surface area contributed by atoms with E-state index in [4.69, 9.17) is 10.5 Å². The maximum Gasteiger partial charge on any atom is 0.320 e. The Kier molecular flexibility index (Phi) is 8.20. The number of aromatic nitrogens is 2. The van der Waals surface area contributed by atoms with Crippen LogP contribution in [-0.2, 0) is 16.0 Å². The SMILES string of the molecule is CNC(=O)COc1ccc(-c2c(C#N)c(NC(=O)c3cccc(C[C@H](N)C(=O)O)c3)n3c(nc4ccccc43)c2C#N)cc1. The Morgan fingerprint density at radius 3 is 2.43 bits per heavy atom. The summed E-state index contributed by atoms with van der Waals surface area (Å²) in [5.74, 6) is -1.54.